The molecule has 2 unspecified atom stereocenters. The third kappa shape index (κ3) is 2.22. The van der Waals surface area contributed by atoms with Crippen LogP contribution in [0.4, 0.5) is 5.82 Å². The molecule has 1 fully saturated rings. The Labute approximate surface area is 139 Å². The number of aromatic nitrogens is 3. The molecule has 6 nitrogen and oxygen atoms in total. The number of carbonyl (C=O) groups excluding carboxylic acids is 1. The van der Waals surface area contributed by atoms with Crippen LogP contribution in [0.1, 0.15) is 35.3 Å². The Balaban J connectivity index is 1.85. The summed E-state index contributed by atoms with van der Waals surface area (Å²) in [6.07, 6.45) is 1.13. The highest BCUT2D eigenvalue weighted by Crippen LogP contribution is 2.46. The average Bonchev–Trinajstić information content (AvgIpc) is 3.25. The van der Waals surface area contributed by atoms with Gasteiger partial charge in [-0.3, -0.25) is 4.79 Å². The van der Waals surface area contributed by atoms with Crippen LogP contribution in [-0.2, 0) is 0 Å². The minimum atomic E-state index is -0.303. The molecule has 0 spiro atoms. The third-order valence-corrected chi connectivity index (χ3v) is 4.60. The Bertz CT molecular complexity index is 947. The second-order valence-corrected chi connectivity index (χ2v) is 6.23. The van der Waals surface area contributed by atoms with Crippen LogP contribution in [-0.4, -0.2) is 27.8 Å². The summed E-state index contributed by atoms with van der Waals surface area (Å²) in [5.41, 5.74) is 7.89. The van der Waals surface area contributed by atoms with E-state index in [9.17, 15) is 4.79 Å². The molecule has 2 heterocycles. The van der Waals surface area contributed by atoms with E-state index in [1.165, 1.54) is 11.8 Å². The molecule has 2 N–H and O–H groups in total. The quantitative estimate of drug-likeness (QED) is 0.801. The molecule has 2 aromatic heterocycles. The van der Waals surface area contributed by atoms with Gasteiger partial charge in [-0.15, -0.1) is 5.10 Å². The summed E-state index contributed by atoms with van der Waals surface area (Å²) in [4.78, 5) is 17.6. The smallest absolute Gasteiger partial charge is 0.283 e. The fraction of sp³-hybridized carbons (Fsp3) is 0.278. The molecule has 122 valence electrons. The highest BCUT2D eigenvalue weighted by atomic mass is 16.5. The molecule has 0 radical (unpaired) electrons. The SMILES string of the molecule is COc1ccccc1C(=O)n1nc(N)c2ccc(C3CC3C)nc21. The summed E-state index contributed by atoms with van der Waals surface area (Å²) in [6.45, 7) is 2.20. The maximum Gasteiger partial charge on any atom is 0.283 e. The standard InChI is InChI=1S/C18H18N4O2/c1-10-9-13(10)14-8-7-12-16(19)21-22(17(12)20-14)18(23)11-5-3-4-6-15(11)24-2/h3-8,10,13H,9H2,1-2H3,(H2,19,21). The number of nitrogens with zero attached hydrogens (tertiary/aromatic N) is 3. The first-order chi connectivity index (χ1) is 11.6. The number of rotatable bonds is 3. The fourth-order valence-electron chi connectivity index (χ4n) is 3.05. The van der Waals surface area contributed by atoms with E-state index in [-0.39, 0.29) is 5.91 Å². The molecule has 1 saturated carbocycles. The largest absolute Gasteiger partial charge is 0.496 e. The van der Waals surface area contributed by atoms with E-state index in [2.05, 4.69) is 17.0 Å². The number of carbonyl (C=O) groups is 1. The molecule has 0 saturated heterocycles. The monoisotopic (exact) mass is 322 g/mol. The van der Waals surface area contributed by atoms with Gasteiger partial charge >= 0.3 is 0 Å². The van der Waals surface area contributed by atoms with Crippen LogP contribution in [0.25, 0.3) is 11.0 Å². The lowest BCUT2D eigenvalue weighted by Crippen LogP contribution is -2.15. The van der Waals surface area contributed by atoms with Crippen molar-refractivity contribution in [1.82, 2.24) is 14.8 Å². The molecule has 0 bridgehead atoms. The van der Waals surface area contributed by atoms with Crippen LogP contribution < -0.4 is 10.5 Å². The maximum atomic E-state index is 12.9. The van der Waals surface area contributed by atoms with Crippen molar-refractivity contribution in [2.45, 2.75) is 19.3 Å². The van der Waals surface area contributed by atoms with Gasteiger partial charge in [-0.25, -0.2) is 4.98 Å². The zero-order valence-electron chi connectivity index (χ0n) is 13.6. The molecule has 3 aromatic rings. The molecule has 0 amide bonds. The lowest BCUT2D eigenvalue weighted by molar-refractivity contribution is 0.0947. The van der Waals surface area contributed by atoms with E-state index in [0.29, 0.717) is 40.0 Å². The number of hydrogen-bond donors (Lipinski definition) is 1. The van der Waals surface area contributed by atoms with Gasteiger partial charge in [-0.2, -0.15) is 4.68 Å². The van der Waals surface area contributed by atoms with Crippen LogP contribution in [0.15, 0.2) is 36.4 Å². The summed E-state index contributed by atoms with van der Waals surface area (Å²) in [5, 5.41) is 4.90. The van der Waals surface area contributed by atoms with Crippen LogP contribution in [0.2, 0.25) is 0 Å². The van der Waals surface area contributed by atoms with E-state index in [0.717, 1.165) is 12.1 Å². The Hall–Kier alpha value is -2.89. The first-order valence-electron chi connectivity index (χ1n) is 7.93. The van der Waals surface area contributed by atoms with Gasteiger partial charge in [0, 0.05) is 11.6 Å². The topological polar surface area (TPSA) is 83.0 Å². The molecule has 2 atom stereocenters. The van der Waals surface area contributed by atoms with Crippen molar-refractivity contribution in [3.63, 3.8) is 0 Å². The van der Waals surface area contributed by atoms with Crippen LogP contribution >= 0.6 is 0 Å². The van der Waals surface area contributed by atoms with Gasteiger partial charge in [-0.05, 0) is 36.6 Å². The van der Waals surface area contributed by atoms with Gasteiger partial charge < -0.3 is 10.5 Å². The fourth-order valence-corrected chi connectivity index (χ4v) is 3.05. The Morgan fingerprint density at radius 3 is 2.75 bits per heavy atom. The van der Waals surface area contributed by atoms with Gasteiger partial charge in [0.1, 0.15) is 5.75 Å². The first-order valence-corrected chi connectivity index (χ1v) is 7.93. The number of pyridine rings is 1. The normalized spacial score (nSPS) is 19.4. The van der Waals surface area contributed by atoms with E-state index >= 15 is 0 Å². The molecule has 1 aliphatic carbocycles. The van der Waals surface area contributed by atoms with Crippen molar-refractivity contribution < 1.29 is 9.53 Å². The maximum absolute atomic E-state index is 12.9. The predicted molar refractivity (Wildman–Crippen MR) is 91.2 cm³/mol. The van der Waals surface area contributed by atoms with Crippen molar-refractivity contribution in [2.24, 2.45) is 5.92 Å². The molecule has 4 rings (SSSR count). The highest BCUT2D eigenvalue weighted by Gasteiger charge is 2.35. The number of nitrogen functional groups attached to an aromatic ring is 1. The first kappa shape index (κ1) is 14.7. The van der Waals surface area contributed by atoms with Gasteiger partial charge in [0.15, 0.2) is 11.5 Å². The number of anilines is 1. The van der Waals surface area contributed by atoms with Gasteiger partial charge in [0.05, 0.1) is 18.1 Å². The second kappa shape index (κ2) is 5.33. The Morgan fingerprint density at radius 2 is 2.04 bits per heavy atom. The molecular weight excluding hydrogens is 304 g/mol. The summed E-state index contributed by atoms with van der Waals surface area (Å²) in [6, 6.07) is 10.9. The molecule has 1 aromatic carbocycles. The summed E-state index contributed by atoms with van der Waals surface area (Å²) < 4.78 is 6.56. The summed E-state index contributed by atoms with van der Waals surface area (Å²) in [7, 11) is 1.53. The molecule has 0 aliphatic heterocycles. The van der Waals surface area contributed by atoms with Crippen molar-refractivity contribution in [2.75, 3.05) is 12.8 Å². The van der Waals surface area contributed by atoms with Crippen molar-refractivity contribution in [3.8, 4) is 5.75 Å². The molecular formula is C18H18N4O2. The lowest BCUT2D eigenvalue weighted by Gasteiger charge is -2.07. The van der Waals surface area contributed by atoms with E-state index in [4.69, 9.17) is 10.5 Å². The third-order valence-electron chi connectivity index (χ3n) is 4.60. The minimum Gasteiger partial charge on any atom is -0.496 e. The predicted octanol–water partition coefficient (Wildman–Crippen LogP) is 2.83. The van der Waals surface area contributed by atoms with E-state index in [1.807, 2.05) is 18.2 Å². The second-order valence-electron chi connectivity index (χ2n) is 6.23. The minimum absolute atomic E-state index is 0.302. The van der Waals surface area contributed by atoms with E-state index < -0.39 is 0 Å². The average molecular weight is 322 g/mol. The molecule has 1 aliphatic rings. The Morgan fingerprint density at radius 1 is 1.29 bits per heavy atom. The zero-order valence-corrected chi connectivity index (χ0v) is 13.6. The zero-order chi connectivity index (χ0) is 16.8. The number of fused-ring (bicyclic) bond motifs is 1. The summed E-state index contributed by atoms with van der Waals surface area (Å²) in [5.74, 6) is 1.59. The van der Waals surface area contributed by atoms with Crippen molar-refractivity contribution in [3.05, 3.63) is 47.7 Å². The molecule has 6 heteroatoms. The van der Waals surface area contributed by atoms with Crippen molar-refractivity contribution >= 4 is 22.8 Å². The number of para-hydroxylation sites is 1. The lowest BCUT2D eigenvalue weighted by atomic mass is 10.2. The van der Waals surface area contributed by atoms with Gasteiger partial charge in [-0.1, -0.05) is 19.1 Å². The number of benzene rings is 1. The van der Waals surface area contributed by atoms with Crippen molar-refractivity contribution in [1.29, 1.82) is 0 Å². The number of ether oxygens (including phenoxy) is 1. The van der Waals surface area contributed by atoms with Gasteiger partial charge in [0.2, 0.25) is 0 Å². The van der Waals surface area contributed by atoms with Crippen LogP contribution in [0.3, 0.4) is 0 Å². The number of methoxy groups -OCH3 is 1. The number of hydrogen-bond acceptors (Lipinski definition) is 5. The Kier molecular flexibility index (Phi) is 3.26. The van der Waals surface area contributed by atoms with Gasteiger partial charge in [0.25, 0.3) is 5.91 Å². The van der Waals surface area contributed by atoms with Crippen LogP contribution in [0.5, 0.6) is 5.75 Å². The van der Waals surface area contributed by atoms with E-state index in [1.54, 1.807) is 18.2 Å². The molecule has 24 heavy (non-hydrogen) atoms. The number of nitrogens with two attached hydrogens (primary N) is 1. The highest BCUT2D eigenvalue weighted by molar-refractivity contribution is 6.03. The van der Waals surface area contributed by atoms with Crippen LogP contribution in [0, 0.1) is 5.92 Å². The summed E-state index contributed by atoms with van der Waals surface area (Å²) >= 11 is 0.